The Kier molecular flexibility index (Phi) is 3.56. The van der Waals surface area contributed by atoms with Crippen molar-refractivity contribution in [1.29, 1.82) is 0 Å². The van der Waals surface area contributed by atoms with Crippen molar-refractivity contribution >= 4 is 17.7 Å². The lowest BCUT2D eigenvalue weighted by atomic mass is 10.1. The molecule has 2 N–H and O–H groups in total. The lowest BCUT2D eigenvalue weighted by Gasteiger charge is -2.06. The van der Waals surface area contributed by atoms with Crippen LogP contribution >= 0.6 is 0 Å². The molecule has 0 bridgehead atoms. The summed E-state index contributed by atoms with van der Waals surface area (Å²) in [7, 11) is 0. The van der Waals surface area contributed by atoms with Gasteiger partial charge in [-0.15, -0.1) is 0 Å². The van der Waals surface area contributed by atoms with Gasteiger partial charge in [0.25, 0.3) is 5.91 Å². The summed E-state index contributed by atoms with van der Waals surface area (Å²) in [6.45, 7) is 1.84. The molecule has 0 saturated carbocycles. The number of benzene rings is 1. The number of aromatic carboxylic acids is 1. The number of aryl methyl sites for hydroxylation is 1. The molecule has 1 amide bonds. The van der Waals surface area contributed by atoms with E-state index in [-0.39, 0.29) is 11.5 Å². The number of pyridine rings is 1. The second kappa shape index (κ2) is 5.30. The first-order valence-corrected chi connectivity index (χ1v) is 5.64. The standard InChI is InChI=1S/C14H12N2O3/c1-9-4-2-3-5-11(9)13(17)16-12-7-6-10(8-15-12)14(18)19/h2-8H,1H3,(H,18,19)(H,15,16,17). The van der Waals surface area contributed by atoms with E-state index in [1.807, 2.05) is 19.1 Å². The summed E-state index contributed by atoms with van der Waals surface area (Å²) < 4.78 is 0. The number of carboxylic acids is 1. The van der Waals surface area contributed by atoms with Crippen LogP contribution in [0.15, 0.2) is 42.6 Å². The van der Waals surface area contributed by atoms with Crippen LogP contribution in [0.25, 0.3) is 0 Å². The van der Waals surface area contributed by atoms with Crippen molar-refractivity contribution < 1.29 is 14.7 Å². The van der Waals surface area contributed by atoms with Gasteiger partial charge >= 0.3 is 5.97 Å². The fourth-order valence-electron chi connectivity index (χ4n) is 1.61. The summed E-state index contributed by atoms with van der Waals surface area (Å²) in [6, 6.07) is 10.0. The van der Waals surface area contributed by atoms with Crippen molar-refractivity contribution in [3.05, 3.63) is 59.3 Å². The molecule has 0 fully saturated rings. The number of nitrogens with one attached hydrogen (secondary N) is 1. The third-order valence-electron chi connectivity index (χ3n) is 2.64. The number of carbonyl (C=O) groups is 2. The van der Waals surface area contributed by atoms with Gasteiger partial charge in [0, 0.05) is 11.8 Å². The number of carboxylic acid groups (broad SMARTS) is 1. The zero-order valence-electron chi connectivity index (χ0n) is 10.3. The zero-order valence-corrected chi connectivity index (χ0v) is 10.3. The normalized spacial score (nSPS) is 9.95. The number of anilines is 1. The van der Waals surface area contributed by atoms with Gasteiger partial charge in [0.1, 0.15) is 5.82 Å². The number of amides is 1. The fraction of sp³-hybridized carbons (Fsp3) is 0.0714. The van der Waals surface area contributed by atoms with E-state index in [4.69, 9.17) is 5.11 Å². The molecule has 0 unspecified atom stereocenters. The van der Waals surface area contributed by atoms with Gasteiger partial charge in [-0.1, -0.05) is 18.2 Å². The average Bonchev–Trinajstić information content (AvgIpc) is 2.39. The van der Waals surface area contributed by atoms with Gasteiger partial charge in [0.2, 0.25) is 0 Å². The van der Waals surface area contributed by atoms with Crippen molar-refractivity contribution in [2.75, 3.05) is 5.32 Å². The van der Waals surface area contributed by atoms with Crippen molar-refractivity contribution in [3.8, 4) is 0 Å². The van der Waals surface area contributed by atoms with E-state index in [1.165, 1.54) is 18.3 Å². The Hall–Kier alpha value is -2.69. The number of carbonyl (C=O) groups excluding carboxylic acids is 1. The van der Waals surface area contributed by atoms with Crippen molar-refractivity contribution in [2.24, 2.45) is 0 Å². The molecule has 0 aliphatic heterocycles. The van der Waals surface area contributed by atoms with Gasteiger partial charge in [-0.05, 0) is 30.7 Å². The summed E-state index contributed by atoms with van der Waals surface area (Å²) in [5.74, 6) is -1.00. The number of rotatable bonds is 3. The van der Waals surface area contributed by atoms with E-state index in [1.54, 1.807) is 12.1 Å². The minimum absolute atomic E-state index is 0.0777. The highest BCUT2D eigenvalue weighted by atomic mass is 16.4. The van der Waals surface area contributed by atoms with Crippen LogP contribution in [0.3, 0.4) is 0 Å². The molecule has 1 aromatic carbocycles. The Morgan fingerprint density at radius 2 is 1.89 bits per heavy atom. The first kappa shape index (κ1) is 12.8. The van der Waals surface area contributed by atoms with E-state index in [0.29, 0.717) is 11.4 Å². The van der Waals surface area contributed by atoms with Gasteiger partial charge in [0.15, 0.2) is 0 Å². The van der Waals surface area contributed by atoms with Gasteiger partial charge in [0.05, 0.1) is 5.56 Å². The summed E-state index contributed by atoms with van der Waals surface area (Å²) in [5.41, 5.74) is 1.50. The molecule has 0 saturated heterocycles. The number of hydrogen-bond acceptors (Lipinski definition) is 3. The molecule has 5 heteroatoms. The van der Waals surface area contributed by atoms with Gasteiger partial charge in [-0.3, -0.25) is 4.79 Å². The molecule has 1 aromatic heterocycles. The number of nitrogens with zero attached hydrogens (tertiary/aromatic N) is 1. The zero-order chi connectivity index (χ0) is 13.8. The second-order valence-electron chi connectivity index (χ2n) is 4.01. The van der Waals surface area contributed by atoms with Crippen LogP contribution in [0, 0.1) is 6.92 Å². The van der Waals surface area contributed by atoms with E-state index < -0.39 is 5.97 Å². The summed E-state index contributed by atoms with van der Waals surface area (Å²) in [4.78, 5) is 26.5. The maximum atomic E-state index is 12.0. The maximum absolute atomic E-state index is 12.0. The first-order valence-electron chi connectivity index (χ1n) is 5.64. The van der Waals surface area contributed by atoms with Crippen LogP contribution < -0.4 is 5.32 Å². The lowest BCUT2D eigenvalue weighted by Crippen LogP contribution is -2.14. The summed E-state index contributed by atoms with van der Waals surface area (Å²) in [6.07, 6.45) is 1.20. The van der Waals surface area contributed by atoms with Crippen LogP contribution in [-0.2, 0) is 0 Å². The summed E-state index contributed by atoms with van der Waals surface area (Å²) >= 11 is 0. The van der Waals surface area contributed by atoms with E-state index in [0.717, 1.165) is 5.56 Å². The molecule has 2 aromatic rings. The Balaban J connectivity index is 2.15. The van der Waals surface area contributed by atoms with Crippen LogP contribution in [0.4, 0.5) is 5.82 Å². The molecule has 0 radical (unpaired) electrons. The molecule has 19 heavy (non-hydrogen) atoms. The minimum atomic E-state index is -1.05. The molecule has 5 nitrogen and oxygen atoms in total. The third-order valence-corrected chi connectivity index (χ3v) is 2.64. The Bertz CT molecular complexity index is 621. The highest BCUT2D eigenvalue weighted by molar-refractivity contribution is 6.04. The Morgan fingerprint density at radius 3 is 2.47 bits per heavy atom. The molecular weight excluding hydrogens is 244 g/mol. The van der Waals surface area contributed by atoms with Gasteiger partial charge in [-0.2, -0.15) is 0 Å². The molecular formula is C14H12N2O3. The van der Waals surface area contributed by atoms with E-state index in [2.05, 4.69) is 10.3 Å². The van der Waals surface area contributed by atoms with Gasteiger partial charge in [-0.25, -0.2) is 9.78 Å². The van der Waals surface area contributed by atoms with Crippen molar-refractivity contribution in [1.82, 2.24) is 4.98 Å². The third kappa shape index (κ3) is 2.95. The molecule has 96 valence electrons. The predicted molar refractivity (Wildman–Crippen MR) is 70.3 cm³/mol. The number of aromatic nitrogens is 1. The first-order chi connectivity index (χ1) is 9.08. The second-order valence-corrected chi connectivity index (χ2v) is 4.01. The summed E-state index contributed by atoms with van der Waals surface area (Å²) in [5, 5.41) is 11.4. The molecule has 1 heterocycles. The fourth-order valence-corrected chi connectivity index (χ4v) is 1.61. The smallest absolute Gasteiger partial charge is 0.337 e. The van der Waals surface area contributed by atoms with E-state index >= 15 is 0 Å². The minimum Gasteiger partial charge on any atom is -0.478 e. The molecule has 0 spiro atoms. The Labute approximate surface area is 109 Å². The molecule has 0 aliphatic carbocycles. The SMILES string of the molecule is Cc1ccccc1C(=O)Nc1ccc(C(=O)O)cn1. The molecule has 0 atom stereocenters. The van der Waals surface area contributed by atoms with E-state index in [9.17, 15) is 9.59 Å². The Morgan fingerprint density at radius 1 is 1.16 bits per heavy atom. The highest BCUT2D eigenvalue weighted by Crippen LogP contribution is 2.11. The predicted octanol–water partition coefficient (Wildman–Crippen LogP) is 2.34. The van der Waals surface area contributed by atoms with Crippen molar-refractivity contribution in [2.45, 2.75) is 6.92 Å². The number of hydrogen-bond donors (Lipinski definition) is 2. The molecule has 0 aliphatic rings. The largest absolute Gasteiger partial charge is 0.478 e. The average molecular weight is 256 g/mol. The maximum Gasteiger partial charge on any atom is 0.337 e. The van der Waals surface area contributed by atoms with Crippen LogP contribution in [0.1, 0.15) is 26.3 Å². The monoisotopic (exact) mass is 256 g/mol. The van der Waals surface area contributed by atoms with Crippen LogP contribution in [0.2, 0.25) is 0 Å². The lowest BCUT2D eigenvalue weighted by molar-refractivity contribution is 0.0696. The topological polar surface area (TPSA) is 79.3 Å². The highest BCUT2D eigenvalue weighted by Gasteiger charge is 2.09. The molecule has 2 rings (SSSR count). The van der Waals surface area contributed by atoms with Crippen molar-refractivity contribution in [3.63, 3.8) is 0 Å². The van der Waals surface area contributed by atoms with Crippen LogP contribution in [0.5, 0.6) is 0 Å². The van der Waals surface area contributed by atoms with Gasteiger partial charge < -0.3 is 10.4 Å². The quantitative estimate of drug-likeness (QED) is 0.883. The van der Waals surface area contributed by atoms with Crippen LogP contribution in [-0.4, -0.2) is 22.0 Å².